The third-order valence-electron chi connectivity index (χ3n) is 4.28. The van der Waals surface area contributed by atoms with Gasteiger partial charge >= 0.3 is 0 Å². The second kappa shape index (κ2) is 7.81. The summed E-state index contributed by atoms with van der Waals surface area (Å²) in [5.41, 5.74) is 1.70. The van der Waals surface area contributed by atoms with E-state index < -0.39 is 0 Å². The van der Waals surface area contributed by atoms with Crippen LogP contribution in [0.15, 0.2) is 53.8 Å². The Balaban J connectivity index is 1.27. The van der Waals surface area contributed by atoms with Crippen LogP contribution in [0.3, 0.4) is 0 Å². The third-order valence-corrected chi connectivity index (χ3v) is 4.28. The summed E-state index contributed by atoms with van der Waals surface area (Å²) in [4.78, 5) is 4.26. The van der Waals surface area contributed by atoms with Gasteiger partial charge in [0.05, 0.1) is 6.54 Å². The van der Waals surface area contributed by atoms with Crippen molar-refractivity contribution in [3.8, 4) is 0 Å². The Kier molecular flexibility index (Phi) is 4.91. The van der Waals surface area contributed by atoms with Gasteiger partial charge in [-0.05, 0) is 30.7 Å². The van der Waals surface area contributed by atoms with E-state index in [1.54, 1.807) is 7.05 Å². The molecule has 0 saturated carbocycles. The Morgan fingerprint density at radius 3 is 2.26 bits per heavy atom. The minimum absolute atomic E-state index is 0.541. The van der Waals surface area contributed by atoms with Crippen LogP contribution < -0.4 is 10.6 Å². The maximum Gasteiger partial charge on any atom is 0.191 e. The van der Waals surface area contributed by atoms with Crippen LogP contribution in [-0.4, -0.2) is 48.7 Å². The molecule has 4 rings (SSSR count). The fraction of sp³-hybridized carbons (Fsp3) is 0.278. The van der Waals surface area contributed by atoms with Crippen LogP contribution in [0.4, 0.5) is 0 Å². The van der Waals surface area contributed by atoms with E-state index >= 15 is 0 Å². The molecule has 0 amide bonds. The number of hydrogen-bond donors (Lipinski definition) is 2. The number of hydrogen-bond acceptors (Lipinski definition) is 5. The number of nitrogens with zero attached hydrogens (tertiary/aromatic N) is 7. The highest BCUT2D eigenvalue weighted by Gasteiger charge is 2.07. The van der Waals surface area contributed by atoms with Gasteiger partial charge in [0.2, 0.25) is 0 Å². The maximum absolute atomic E-state index is 4.26. The minimum atomic E-state index is 0.541. The molecule has 0 saturated heterocycles. The van der Waals surface area contributed by atoms with E-state index in [1.807, 2.05) is 57.6 Å². The van der Waals surface area contributed by atoms with E-state index in [-0.39, 0.29) is 0 Å². The van der Waals surface area contributed by atoms with Crippen LogP contribution in [0.25, 0.3) is 11.3 Å². The Morgan fingerprint density at radius 1 is 0.889 bits per heavy atom. The number of fused-ring (bicyclic) bond motifs is 2. The summed E-state index contributed by atoms with van der Waals surface area (Å²) in [6.45, 7) is 1.32. The highest BCUT2D eigenvalue weighted by Crippen LogP contribution is 2.05. The second-order valence-electron chi connectivity index (χ2n) is 6.05. The van der Waals surface area contributed by atoms with Crippen molar-refractivity contribution in [3.63, 3.8) is 0 Å². The van der Waals surface area contributed by atoms with E-state index in [2.05, 4.69) is 36.0 Å². The van der Waals surface area contributed by atoms with E-state index in [1.165, 1.54) is 0 Å². The molecule has 4 heterocycles. The van der Waals surface area contributed by atoms with Crippen LogP contribution in [0.1, 0.15) is 18.1 Å². The zero-order valence-corrected chi connectivity index (χ0v) is 15.1. The lowest BCUT2D eigenvalue weighted by atomic mass is 10.3. The molecule has 0 spiro atoms. The fourth-order valence-electron chi connectivity index (χ4n) is 2.91. The highest BCUT2D eigenvalue weighted by molar-refractivity contribution is 5.79. The molecule has 0 radical (unpaired) electrons. The number of rotatable bonds is 6. The van der Waals surface area contributed by atoms with Gasteiger partial charge in [0.1, 0.15) is 5.82 Å². The molecule has 0 aromatic carbocycles. The average molecular weight is 363 g/mol. The molecule has 0 atom stereocenters. The summed E-state index contributed by atoms with van der Waals surface area (Å²) in [7, 11) is 1.75. The van der Waals surface area contributed by atoms with Gasteiger partial charge in [-0.2, -0.15) is 0 Å². The lowest BCUT2D eigenvalue weighted by Crippen LogP contribution is -2.37. The zero-order chi connectivity index (χ0) is 18.5. The highest BCUT2D eigenvalue weighted by atomic mass is 15.3. The summed E-state index contributed by atoms with van der Waals surface area (Å²) >= 11 is 0. The Morgan fingerprint density at radius 2 is 1.56 bits per heavy atom. The van der Waals surface area contributed by atoms with Crippen LogP contribution in [0.5, 0.6) is 0 Å². The fourth-order valence-corrected chi connectivity index (χ4v) is 2.91. The normalized spacial score (nSPS) is 12.0. The maximum atomic E-state index is 4.26. The van der Waals surface area contributed by atoms with Gasteiger partial charge in [0.15, 0.2) is 23.1 Å². The predicted octanol–water partition coefficient (Wildman–Crippen LogP) is 1.07. The van der Waals surface area contributed by atoms with Crippen molar-refractivity contribution in [1.29, 1.82) is 0 Å². The zero-order valence-electron chi connectivity index (χ0n) is 15.1. The van der Waals surface area contributed by atoms with Crippen molar-refractivity contribution < 1.29 is 0 Å². The Bertz CT molecular complexity index is 1060. The van der Waals surface area contributed by atoms with Crippen LogP contribution in [-0.2, 0) is 13.0 Å². The van der Waals surface area contributed by atoms with Gasteiger partial charge in [-0.15, -0.1) is 20.4 Å². The lowest BCUT2D eigenvalue weighted by molar-refractivity contribution is 0.706. The van der Waals surface area contributed by atoms with E-state index in [0.29, 0.717) is 6.54 Å². The van der Waals surface area contributed by atoms with Gasteiger partial charge in [0, 0.05) is 32.4 Å². The molecule has 4 aromatic rings. The molecule has 0 bridgehead atoms. The van der Waals surface area contributed by atoms with Crippen molar-refractivity contribution in [3.05, 3.63) is 60.4 Å². The van der Waals surface area contributed by atoms with Crippen molar-refractivity contribution in [2.75, 3.05) is 13.6 Å². The van der Waals surface area contributed by atoms with Gasteiger partial charge in [0.25, 0.3) is 0 Å². The van der Waals surface area contributed by atoms with Gasteiger partial charge < -0.3 is 10.6 Å². The molecule has 4 aromatic heterocycles. The molecule has 0 fully saturated rings. The van der Waals surface area contributed by atoms with Crippen molar-refractivity contribution in [1.82, 2.24) is 39.8 Å². The first-order chi connectivity index (χ1) is 13.3. The van der Waals surface area contributed by atoms with E-state index in [0.717, 1.165) is 48.3 Å². The van der Waals surface area contributed by atoms with Crippen LogP contribution >= 0.6 is 0 Å². The summed E-state index contributed by atoms with van der Waals surface area (Å²) in [6, 6.07) is 11.7. The average Bonchev–Trinajstić information content (AvgIpc) is 3.32. The molecule has 9 nitrogen and oxygen atoms in total. The monoisotopic (exact) mass is 363 g/mol. The molecule has 0 unspecified atom stereocenters. The first-order valence-corrected chi connectivity index (χ1v) is 8.87. The Hall–Kier alpha value is -3.49. The number of guanidine groups is 1. The molecule has 2 N–H and O–H groups in total. The summed E-state index contributed by atoms with van der Waals surface area (Å²) in [5, 5.41) is 23.4. The van der Waals surface area contributed by atoms with Gasteiger partial charge in [-0.25, -0.2) is 0 Å². The quantitative estimate of drug-likeness (QED) is 0.302. The molecule has 27 heavy (non-hydrogen) atoms. The minimum Gasteiger partial charge on any atom is -0.356 e. The third kappa shape index (κ3) is 3.71. The summed E-state index contributed by atoms with van der Waals surface area (Å²) < 4.78 is 3.97. The SMILES string of the molecule is CN=C(NCCCc1nnc2ccccn12)NCc1nnc2ccccn12. The van der Waals surface area contributed by atoms with Gasteiger partial charge in [-0.1, -0.05) is 12.1 Å². The van der Waals surface area contributed by atoms with Crippen molar-refractivity contribution in [2.45, 2.75) is 19.4 Å². The van der Waals surface area contributed by atoms with Gasteiger partial charge in [-0.3, -0.25) is 13.8 Å². The molecular weight excluding hydrogens is 342 g/mol. The summed E-state index contributed by atoms with van der Waals surface area (Å²) in [5.74, 6) is 2.53. The molecule has 0 aliphatic rings. The second-order valence-corrected chi connectivity index (χ2v) is 6.05. The Labute approximate surface area is 156 Å². The topological polar surface area (TPSA) is 96.8 Å². The van der Waals surface area contributed by atoms with Crippen LogP contribution in [0.2, 0.25) is 0 Å². The van der Waals surface area contributed by atoms with Crippen molar-refractivity contribution >= 4 is 17.3 Å². The molecule has 9 heteroatoms. The predicted molar refractivity (Wildman–Crippen MR) is 102 cm³/mol. The number of nitrogens with one attached hydrogen (secondary N) is 2. The largest absolute Gasteiger partial charge is 0.356 e. The standard InChI is InChI=1S/C18H21N9/c1-19-18(21-13-17-25-24-15-8-3-5-12-27(15)17)20-10-6-9-16-23-22-14-7-2-4-11-26(14)16/h2-5,7-8,11-12H,6,9-10,13H2,1H3,(H2,19,20,21). The van der Waals surface area contributed by atoms with E-state index in [9.17, 15) is 0 Å². The first kappa shape index (κ1) is 17.0. The summed E-state index contributed by atoms with van der Waals surface area (Å²) in [6.07, 6.45) is 5.70. The number of pyridine rings is 2. The van der Waals surface area contributed by atoms with Crippen molar-refractivity contribution in [2.24, 2.45) is 4.99 Å². The first-order valence-electron chi connectivity index (χ1n) is 8.87. The number of aryl methyl sites for hydroxylation is 1. The lowest BCUT2D eigenvalue weighted by Gasteiger charge is -2.11. The molecule has 0 aliphatic carbocycles. The molecule has 0 aliphatic heterocycles. The molecular formula is C18H21N9. The number of aromatic nitrogens is 6. The smallest absolute Gasteiger partial charge is 0.191 e. The van der Waals surface area contributed by atoms with Crippen LogP contribution in [0, 0.1) is 0 Å². The number of aliphatic imine (C=N–C) groups is 1. The van der Waals surface area contributed by atoms with E-state index in [4.69, 9.17) is 0 Å². The molecule has 138 valence electrons.